The Bertz CT molecular complexity index is 541. The van der Waals surface area contributed by atoms with Gasteiger partial charge in [0.1, 0.15) is 0 Å². The van der Waals surface area contributed by atoms with Crippen LogP contribution in [0.15, 0.2) is 12.3 Å². The average molecular weight is 248 g/mol. The molecule has 0 bridgehead atoms. The van der Waals surface area contributed by atoms with Gasteiger partial charge in [0.15, 0.2) is 0 Å². The largest absolute Gasteiger partial charge is 0.387 e. The van der Waals surface area contributed by atoms with Crippen molar-refractivity contribution in [3.8, 4) is 0 Å². The van der Waals surface area contributed by atoms with Gasteiger partial charge in [-0.1, -0.05) is 0 Å². The van der Waals surface area contributed by atoms with E-state index in [0.29, 0.717) is 6.42 Å². The summed E-state index contributed by atoms with van der Waals surface area (Å²) >= 11 is 0. The van der Waals surface area contributed by atoms with Crippen molar-refractivity contribution in [1.82, 2.24) is 19.6 Å². The predicted molar refractivity (Wildman–Crippen MR) is 69.2 cm³/mol. The lowest BCUT2D eigenvalue weighted by Crippen LogP contribution is -2.03. The van der Waals surface area contributed by atoms with Crippen LogP contribution < -0.4 is 0 Å². The lowest BCUT2D eigenvalue weighted by molar-refractivity contribution is 0.162. The Hall–Kier alpha value is -1.62. The van der Waals surface area contributed by atoms with Gasteiger partial charge in [0.25, 0.3) is 0 Å². The molecule has 5 heteroatoms. The number of aliphatic hydroxyl groups is 1. The van der Waals surface area contributed by atoms with E-state index in [9.17, 15) is 5.11 Å². The maximum Gasteiger partial charge on any atom is 0.0981 e. The number of rotatable bonds is 4. The molecule has 5 nitrogen and oxygen atoms in total. The fourth-order valence-corrected chi connectivity index (χ4v) is 2.22. The third kappa shape index (κ3) is 2.46. The molecule has 2 aromatic heterocycles. The van der Waals surface area contributed by atoms with E-state index in [4.69, 9.17) is 0 Å². The van der Waals surface area contributed by atoms with Gasteiger partial charge in [0.05, 0.1) is 17.5 Å². The van der Waals surface area contributed by atoms with E-state index in [1.54, 1.807) is 4.68 Å². The van der Waals surface area contributed by atoms with E-state index in [2.05, 4.69) is 17.1 Å². The zero-order valence-corrected chi connectivity index (χ0v) is 11.4. The third-order valence-corrected chi connectivity index (χ3v) is 3.40. The highest BCUT2D eigenvalue weighted by atomic mass is 16.3. The fourth-order valence-electron chi connectivity index (χ4n) is 2.22. The zero-order valence-electron chi connectivity index (χ0n) is 11.4. The minimum absolute atomic E-state index is 0.509. The van der Waals surface area contributed by atoms with E-state index in [-0.39, 0.29) is 0 Å². The fraction of sp³-hybridized carbons (Fsp3) is 0.538. The molecular weight excluding hydrogens is 228 g/mol. The minimum Gasteiger partial charge on any atom is -0.387 e. The summed E-state index contributed by atoms with van der Waals surface area (Å²) in [6.45, 7) is 4.07. The topological polar surface area (TPSA) is 55.9 Å². The van der Waals surface area contributed by atoms with Crippen molar-refractivity contribution < 1.29 is 5.11 Å². The molecule has 18 heavy (non-hydrogen) atoms. The van der Waals surface area contributed by atoms with Gasteiger partial charge < -0.3 is 5.11 Å². The van der Waals surface area contributed by atoms with Crippen molar-refractivity contribution in [2.24, 2.45) is 14.1 Å². The van der Waals surface area contributed by atoms with Crippen LogP contribution >= 0.6 is 0 Å². The van der Waals surface area contributed by atoms with Crippen LogP contribution in [0, 0.1) is 13.8 Å². The van der Waals surface area contributed by atoms with Gasteiger partial charge in [-0.3, -0.25) is 9.36 Å². The Kier molecular flexibility index (Phi) is 3.52. The maximum atomic E-state index is 10.1. The first-order chi connectivity index (χ1) is 8.49. The highest BCUT2D eigenvalue weighted by Crippen LogP contribution is 2.20. The Morgan fingerprint density at radius 3 is 2.50 bits per heavy atom. The highest BCUT2D eigenvalue weighted by molar-refractivity contribution is 5.24. The number of aromatic nitrogens is 4. The number of hydrogen-bond donors (Lipinski definition) is 1. The summed E-state index contributed by atoms with van der Waals surface area (Å²) in [5.74, 6) is 0. The molecule has 0 spiro atoms. The van der Waals surface area contributed by atoms with Crippen molar-refractivity contribution in [1.29, 1.82) is 0 Å². The predicted octanol–water partition coefficient (Wildman–Crippen LogP) is 1.44. The summed E-state index contributed by atoms with van der Waals surface area (Å²) < 4.78 is 3.59. The van der Waals surface area contributed by atoms with Crippen LogP contribution in [0.25, 0.3) is 0 Å². The molecule has 0 saturated carbocycles. The molecule has 2 rings (SSSR count). The van der Waals surface area contributed by atoms with Crippen molar-refractivity contribution in [2.75, 3.05) is 0 Å². The first-order valence-electron chi connectivity index (χ1n) is 6.15. The molecule has 0 aromatic carbocycles. The molecule has 0 aliphatic carbocycles. The molecule has 0 fully saturated rings. The Morgan fingerprint density at radius 1 is 1.28 bits per heavy atom. The van der Waals surface area contributed by atoms with Crippen LogP contribution in [-0.2, 0) is 20.5 Å². The van der Waals surface area contributed by atoms with E-state index in [0.717, 1.165) is 17.8 Å². The van der Waals surface area contributed by atoms with Crippen molar-refractivity contribution in [3.63, 3.8) is 0 Å². The molecule has 1 N–H and O–H groups in total. The van der Waals surface area contributed by atoms with Gasteiger partial charge in [-0.25, -0.2) is 0 Å². The number of hydrogen-bond acceptors (Lipinski definition) is 3. The van der Waals surface area contributed by atoms with Gasteiger partial charge in [-0.05, 0) is 38.3 Å². The lowest BCUT2D eigenvalue weighted by atomic mass is 10.0. The molecule has 98 valence electrons. The van der Waals surface area contributed by atoms with Gasteiger partial charge in [0.2, 0.25) is 0 Å². The number of aliphatic hydroxyl groups excluding tert-OH is 1. The smallest absolute Gasteiger partial charge is 0.0981 e. The molecule has 0 radical (unpaired) electrons. The molecule has 0 saturated heterocycles. The second-order valence-corrected chi connectivity index (χ2v) is 4.74. The van der Waals surface area contributed by atoms with E-state index in [1.165, 1.54) is 11.3 Å². The molecule has 0 aliphatic heterocycles. The first-order valence-corrected chi connectivity index (χ1v) is 6.15. The summed E-state index contributed by atoms with van der Waals surface area (Å²) in [5, 5.41) is 18.7. The molecule has 1 atom stereocenters. The molecule has 2 heterocycles. The summed E-state index contributed by atoms with van der Waals surface area (Å²) in [6, 6.07) is 1.85. The second-order valence-electron chi connectivity index (χ2n) is 4.74. The summed E-state index contributed by atoms with van der Waals surface area (Å²) in [7, 11) is 3.80. The van der Waals surface area contributed by atoms with Crippen LogP contribution in [-0.4, -0.2) is 24.7 Å². The maximum absolute atomic E-state index is 10.1. The summed E-state index contributed by atoms with van der Waals surface area (Å²) in [5.41, 5.74) is 4.17. The Morgan fingerprint density at radius 2 is 2.00 bits per heavy atom. The second kappa shape index (κ2) is 4.94. The SMILES string of the molecule is Cc1nn(C)c(C)c1CCC(O)c1ccn(C)n1. The minimum atomic E-state index is -0.509. The van der Waals surface area contributed by atoms with Gasteiger partial charge in [-0.2, -0.15) is 10.2 Å². The third-order valence-electron chi connectivity index (χ3n) is 3.40. The van der Waals surface area contributed by atoms with Crippen molar-refractivity contribution in [2.45, 2.75) is 32.8 Å². The monoisotopic (exact) mass is 248 g/mol. The van der Waals surface area contributed by atoms with E-state index < -0.39 is 6.10 Å². The van der Waals surface area contributed by atoms with E-state index >= 15 is 0 Å². The molecular formula is C13H20N4O. The summed E-state index contributed by atoms with van der Waals surface area (Å²) in [4.78, 5) is 0. The van der Waals surface area contributed by atoms with Crippen LogP contribution in [0.3, 0.4) is 0 Å². The quantitative estimate of drug-likeness (QED) is 0.890. The molecule has 1 unspecified atom stereocenters. The van der Waals surface area contributed by atoms with Crippen LogP contribution in [0.5, 0.6) is 0 Å². The average Bonchev–Trinajstić information content (AvgIpc) is 2.83. The van der Waals surface area contributed by atoms with Crippen molar-refractivity contribution in [3.05, 3.63) is 34.9 Å². The van der Waals surface area contributed by atoms with E-state index in [1.807, 2.05) is 38.0 Å². The number of nitrogens with zero attached hydrogens (tertiary/aromatic N) is 4. The van der Waals surface area contributed by atoms with Crippen LogP contribution in [0.1, 0.15) is 35.2 Å². The molecule has 2 aromatic rings. The number of aryl methyl sites for hydroxylation is 3. The Labute approximate surface area is 107 Å². The molecule has 0 aliphatic rings. The van der Waals surface area contributed by atoms with Gasteiger partial charge in [0, 0.05) is 26.0 Å². The first kappa shape index (κ1) is 12.8. The zero-order chi connectivity index (χ0) is 13.3. The van der Waals surface area contributed by atoms with Gasteiger partial charge >= 0.3 is 0 Å². The normalized spacial score (nSPS) is 12.9. The van der Waals surface area contributed by atoms with Crippen LogP contribution in [0.2, 0.25) is 0 Å². The van der Waals surface area contributed by atoms with Gasteiger partial charge in [-0.15, -0.1) is 0 Å². The van der Waals surface area contributed by atoms with Crippen molar-refractivity contribution >= 4 is 0 Å². The molecule has 0 amide bonds. The standard InChI is InChI=1S/C13H20N4O/c1-9-11(10(2)17(4)14-9)5-6-13(18)12-7-8-16(3)15-12/h7-8,13,18H,5-6H2,1-4H3. The highest BCUT2D eigenvalue weighted by Gasteiger charge is 2.14. The Balaban J connectivity index is 2.03. The van der Waals surface area contributed by atoms with Crippen LogP contribution in [0.4, 0.5) is 0 Å². The lowest BCUT2D eigenvalue weighted by Gasteiger charge is -2.08. The summed E-state index contributed by atoms with van der Waals surface area (Å²) in [6.07, 6.45) is 2.83.